The monoisotopic (exact) mass is 466 g/mol. The number of nitrogen functional groups attached to an aromatic ring is 1. The minimum Gasteiger partial charge on any atom is -0.387 e. The largest absolute Gasteiger partial charge is 0.387 e. The second kappa shape index (κ2) is 9.21. The van der Waals surface area contributed by atoms with Crippen LogP contribution in [-0.4, -0.2) is 28.1 Å². The highest BCUT2D eigenvalue weighted by atomic mass is 32.1. The van der Waals surface area contributed by atoms with Gasteiger partial charge in [-0.05, 0) is 67.5 Å². The van der Waals surface area contributed by atoms with Crippen LogP contribution in [0.1, 0.15) is 53.0 Å². The molecule has 1 amide bonds. The number of aryl methyl sites for hydroxylation is 1. The highest BCUT2D eigenvalue weighted by Gasteiger charge is 2.32. The number of thiazole rings is 1. The van der Waals surface area contributed by atoms with Gasteiger partial charge in [0.2, 0.25) is 5.91 Å². The molecule has 33 heavy (non-hydrogen) atoms. The van der Waals surface area contributed by atoms with E-state index in [0.717, 1.165) is 53.9 Å². The van der Waals surface area contributed by atoms with Crippen LogP contribution in [0.15, 0.2) is 48.5 Å². The van der Waals surface area contributed by atoms with Crippen molar-refractivity contribution in [2.75, 3.05) is 11.1 Å². The lowest BCUT2D eigenvalue weighted by Crippen LogP contribution is -2.35. The van der Waals surface area contributed by atoms with Gasteiger partial charge in [-0.15, -0.1) is 11.3 Å². The Hall–Kier alpha value is -2.81. The summed E-state index contributed by atoms with van der Waals surface area (Å²) in [5, 5.41) is 17.6. The van der Waals surface area contributed by atoms with E-state index >= 15 is 0 Å². The summed E-state index contributed by atoms with van der Waals surface area (Å²) in [6.07, 6.45) is 3.49. The van der Waals surface area contributed by atoms with Crippen LogP contribution in [0.3, 0.4) is 0 Å². The Kier molecular flexibility index (Phi) is 6.14. The van der Waals surface area contributed by atoms with E-state index in [-0.39, 0.29) is 29.7 Å². The first-order valence-corrected chi connectivity index (χ1v) is 12.1. The zero-order valence-electron chi connectivity index (χ0n) is 18.1. The molecular weight excluding hydrogens is 439 g/mol. The molecule has 0 unspecified atom stereocenters. The number of aliphatic hydroxyl groups excluding tert-OH is 1. The topological polar surface area (TPSA) is 100 Å². The van der Waals surface area contributed by atoms with Crippen molar-refractivity contribution in [1.29, 1.82) is 0 Å². The number of rotatable bonds is 6. The molecule has 8 heteroatoms. The molecular formula is C25H27FN4O2S. The SMILES string of the molecule is Nc1nc2c(s1)CC[C@H]2C(=O)Nc1ccc(C[C@@H]2CC[C@H]([C@H](O)c3cccc(F)c3)N2)cc1. The molecule has 0 saturated carbocycles. The summed E-state index contributed by atoms with van der Waals surface area (Å²) in [5.41, 5.74) is 9.13. The number of halogens is 1. The number of nitrogens with two attached hydrogens (primary N) is 1. The molecule has 1 aliphatic carbocycles. The fourth-order valence-electron chi connectivity index (χ4n) is 4.92. The molecule has 1 aliphatic heterocycles. The van der Waals surface area contributed by atoms with Crippen LogP contribution in [0.2, 0.25) is 0 Å². The predicted octanol–water partition coefficient (Wildman–Crippen LogP) is 3.93. The molecule has 1 fully saturated rings. The lowest BCUT2D eigenvalue weighted by atomic mass is 10.0. The molecule has 0 spiro atoms. The first-order valence-electron chi connectivity index (χ1n) is 11.3. The number of anilines is 2. The van der Waals surface area contributed by atoms with E-state index in [9.17, 15) is 14.3 Å². The number of hydrogen-bond acceptors (Lipinski definition) is 6. The molecule has 1 aromatic heterocycles. The van der Waals surface area contributed by atoms with Crippen molar-refractivity contribution in [3.05, 3.63) is 76.0 Å². The fraction of sp³-hybridized carbons (Fsp3) is 0.360. The summed E-state index contributed by atoms with van der Waals surface area (Å²) >= 11 is 1.47. The quantitative estimate of drug-likeness (QED) is 0.441. The third-order valence-electron chi connectivity index (χ3n) is 6.60. The van der Waals surface area contributed by atoms with Crippen molar-refractivity contribution in [2.24, 2.45) is 0 Å². The molecule has 0 bridgehead atoms. The van der Waals surface area contributed by atoms with Crippen molar-refractivity contribution in [3.8, 4) is 0 Å². The van der Waals surface area contributed by atoms with Gasteiger partial charge in [0, 0.05) is 22.6 Å². The van der Waals surface area contributed by atoms with Crippen molar-refractivity contribution < 1.29 is 14.3 Å². The van der Waals surface area contributed by atoms with E-state index in [2.05, 4.69) is 15.6 Å². The zero-order chi connectivity index (χ0) is 22.9. The van der Waals surface area contributed by atoms with Gasteiger partial charge in [0.1, 0.15) is 5.82 Å². The van der Waals surface area contributed by atoms with Crippen LogP contribution in [0.4, 0.5) is 15.2 Å². The minimum atomic E-state index is -0.729. The number of aliphatic hydroxyl groups is 1. The predicted molar refractivity (Wildman–Crippen MR) is 128 cm³/mol. The number of benzene rings is 2. The second-order valence-corrected chi connectivity index (χ2v) is 10.0. The maximum Gasteiger partial charge on any atom is 0.233 e. The summed E-state index contributed by atoms with van der Waals surface area (Å²) in [6, 6.07) is 14.2. The molecule has 4 atom stereocenters. The number of nitrogens with one attached hydrogen (secondary N) is 2. The highest BCUT2D eigenvalue weighted by Crippen LogP contribution is 2.38. The molecule has 172 valence electrons. The highest BCUT2D eigenvalue weighted by molar-refractivity contribution is 7.15. The average Bonchev–Trinajstić information content (AvgIpc) is 3.50. The molecule has 2 aliphatic rings. The molecule has 2 heterocycles. The number of carbonyl (C=O) groups is 1. The van der Waals surface area contributed by atoms with E-state index < -0.39 is 6.10 Å². The number of fused-ring (bicyclic) bond motifs is 1. The van der Waals surface area contributed by atoms with Gasteiger partial charge in [0.15, 0.2) is 5.13 Å². The van der Waals surface area contributed by atoms with Crippen LogP contribution in [0.5, 0.6) is 0 Å². The summed E-state index contributed by atoms with van der Waals surface area (Å²) < 4.78 is 13.5. The van der Waals surface area contributed by atoms with Gasteiger partial charge < -0.3 is 21.5 Å². The van der Waals surface area contributed by atoms with E-state index in [1.165, 1.54) is 23.5 Å². The van der Waals surface area contributed by atoms with Crippen LogP contribution < -0.4 is 16.4 Å². The lowest BCUT2D eigenvalue weighted by molar-refractivity contribution is -0.117. The first kappa shape index (κ1) is 22.0. The third kappa shape index (κ3) is 4.78. The number of hydrogen-bond donors (Lipinski definition) is 4. The van der Waals surface area contributed by atoms with Crippen molar-refractivity contribution >= 4 is 28.1 Å². The standard InChI is InChI=1S/C25H27FN4O2S/c26-16-3-1-2-15(13-16)23(31)20-10-8-18(28-20)12-14-4-6-17(7-5-14)29-24(32)19-9-11-21-22(19)30-25(27)33-21/h1-7,13,18-20,23,28,31H,8-12H2,(H2,27,30)(H,29,32)/t18-,19+,20+,23+/m0/s1. The van der Waals surface area contributed by atoms with Gasteiger partial charge >= 0.3 is 0 Å². The van der Waals surface area contributed by atoms with Gasteiger partial charge in [-0.2, -0.15) is 0 Å². The summed E-state index contributed by atoms with van der Waals surface area (Å²) in [6.45, 7) is 0. The molecule has 2 aromatic carbocycles. The Morgan fingerprint density at radius 1 is 1.24 bits per heavy atom. The number of nitrogens with zero attached hydrogens (tertiary/aromatic N) is 1. The van der Waals surface area contributed by atoms with E-state index in [1.54, 1.807) is 12.1 Å². The van der Waals surface area contributed by atoms with E-state index in [1.807, 2.05) is 24.3 Å². The normalized spacial score (nSPS) is 22.8. The molecule has 0 radical (unpaired) electrons. The third-order valence-corrected chi connectivity index (χ3v) is 7.56. The van der Waals surface area contributed by atoms with Crippen LogP contribution in [0.25, 0.3) is 0 Å². The second-order valence-electron chi connectivity index (χ2n) is 8.89. The fourth-order valence-corrected chi connectivity index (χ4v) is 5.83. The summed E-state index contributed by atoms with van der Waals surface area (Å²) in [7, 11) is 0. The van der Waals surface area contributed by atoms with E-state index in [0.29, 0.717) is 10.7 Å². The Labute approximate surface area is 196 Å². The minimum absolute atomic E-state index is 0.0431. The average molecular weight is 467 g/mol. The molecule has 3 aromatic rings. The van der Waals surface area contributed by atoms with Gasteiger partial charge in [0.05, 0.1) is 17.7 Å². The smallest absolute Gasteiger partial charge is 0.233 e. The Bertz CT molecular complexity index is 1150. The van der Waals surface area contributed by atoms with Crippen molar-refractivity contribution in [3.63, 3.8) is 0 Å². The van der Waals surface area contributed by atoms with Crippen LogP contribution in [-0.2, 0) is 17.6 Å². The number of carbonyl (C=O) groups excluding carboxylic acids is 1. The van der Waals surface area contributed by atoms with Crippen LogP contribution in [0, 0.1) is 5.82 Å². The van der Waals surface area contributed by atoms with Gasteiger partial charge in [0.25, 0.3) is 0 Å². The molecule has 6 nitrogen and oxygen atoms in total. The van der Waals surface area contributed by atoms with Crippen molar-refractivity contribution in [2.45, 2.75) is 56.2 Å². The Morgan fingerprint density at radius 3 is 2.85 bits per heavy atom. The van der Waals surface area contributed by atoms with Gasteiger partial charge in [-0.25, -0.2) is 9.37 Å². The molecule has 5 rings (SSSR count). The summed E-state index contributed by atoms with van der Waals surface area (Å²) in [4.78, 5) is 18.2. The number of amides is 1. The molecule has 1 saturated heterocycles. The van der Waals surface area contributed by atoms with Gasteiger partial charge in [-0.1, -0.05) is 24.3 Å². The molecule has 5 N–H and O–H groups in total. The number of aromatic nitrogens is 1. The van der Waals surface area contributed by atoms with Gasteiger partial charge in [-0.3, -0.25) is 4.79 Å². The maximum absolute atomic E-state index is 13.5. The Morgan fingerprint density at radius 2 is 2.06 bits per heavy atom. The van der Waals surface area contributed by atoms with Crippen molar-refractivity contribution in [1.82, 2.24) is 10.3 Å². The lowest BCUT2D eigenvalue weighted by Gasteiger charge is -2.20. The maximum atomic E-state index is 13.5. The van der Waals surface area contributed by atoms with E-state index in [4.69, 9.17) is 5.73 Å². The first-order chi connectivity index (χ1) is 16.0. The van der Waals surface area contributed by atoms with Crippen LogP contribution >= 0.6 is 11.3 Å². The Balaban J connectivity index is 1.15. The summed E-state index contributed by atoms with van der Waals surface area (Å²) in [5.74, 6) is -0.617. The zero-order valence-corrected chi connectivity index (χ0v) is 18.9.